The topological polar surface area (TPSA) is 103 Å². The number of aliphatic hydroxyl groups is 1. The Morgan fingerprint density at radius 3 is 2.65 bits per heavy atom. The van der Waals surface area contributed by atoms with Gasteiger partial charge in [0.1, 0.15) is 0 Å². The van der Waals surface area contributed by atoms with E-state index in [0.717, 1.165) is 51.7 Å². The van der Waals surface area contributed by atoms with E-state index in [1.807, 2.05) is 77.6 Å². The summed E-state index contributed by atoms with van der Waals surface area (Å²) in [5.41, 5.74) is 4.78. The van der Waals surface area contributed by atoms with Crippen LogP contribution in [0.25, 0.3) is 27.5 Å². The molecule has 3 aromatic carbocycles. The zero-order valence-corrected chi connectivity index (χ0v) is 20.2. The van der Waals surface area contributed by atoms with Crippen LogP contribution in [0.5, 0.6) is 0 Å². The van der Waals surface area contributed by atoms with Crippen LogP contribution in [0.15, 0.2) is 79.1 Å². The second-order valence-electron chi connectivity index (χ2n) is 9.42. The molecule has 0 unspecified atom stereocenters. The Balaban J connectivity index is 1.27. The number of nitrogens with one attached hydrogen (secondary N) is 2. The number of hydrogen-bond acceptors (Lipinski definition) is 4. The van der Waals surface area contributed by atoms with Crippen LogP contribution in [-0.2, 0) is 4.79 Å². The molecule has 37 heavy (non-hydrogen) atoms. The average Bonchev–Trinajstić information content (AvgIpc) is 3.53. The molecule has 1 saturated carbocycles. The van der Waals surface area contributed by atoms with Crippen molar-refractivity contribution < 1.29 is 14.7 Å². The molecule has 2 amide bonds. The molecule has 1 aliphatic carbocycles. The molecule has 186 valence electrons. The fourth-order valence-corrected chi connectivity index (χ4v) is 4.58. The molecule has 3 N–H and O–H groups in total. The molecule has 8 nitrogen and oxygen atoms in total. The molecule has 1 aliphatic rings. The van der Waals surface area contributed by atoms with Crippen molar-refractivity contribution in [1.29, 1.82) is 0 Å². The van der Waals surface area contributed by atoms with Crippen molar-refractivity contribution in [2.45, 2.75) is 19.3 Å². The molecule has 0 saturated heterocycles. The van der Waals surface area contributed by atoms with Crippen LogP contribution < -0.4 is 10.2 Å². The molecule has 0 atom stereocenters. The van der Waals surface area contributed by atoms with Gasteiger partial charge in [0.05, 0.1) is 17.4 Å². The number of benzene rings is 3. The molecular formula is C29H27N5O3. The first-order valence-corrected chi connectivity index (χ1v) is 12.5. The van der Waals surface area contributed by atoms with Crippen molar-refractivity contribution in [2.75, 3.05) is 23.4 Å². The summed E-state index contributed by atoms with van der Waals surface area (Å²) in [6.07, 6.45) is 6.04. The highest BCUT2D eigenvalue weighted by Crippen LogP contribution is 2.31. The molecule has 5 aromatic rings. The van der Waals surface area contributed by atoms with Gasteiger partial charge >= 0.3 is 0 Å². The molecule has 0 spiro atoms. The maximum atomic E-state index is 13.5. The minimum Gasteiger partial charge on any atom is -0.396 e. The number of aromatic nitrogens is 3. The van der Waals surface area contributed by atoms with Gasteiger partial charge in [0.2, 0.25) is 5.91 Å². The number of aliphatic hydroxyl groups excluding tert-OH is 1. The summed E-state index contributed by atoms with van der Waals surface area (Å²) < 4.78 is 1.84. The smallest absolute Gasteiger partial charge is 0.258 e. The van der Waals surface area contributed by atoms with Gasteiger partial charge in [-0.1, -0.05) is 6.07 Å². The number of nitrogens with zero attached hydrogens (tertiary/aromatic N) is 3. The minimum atomic E-state index is -0.125. The quantitative estimate of drug-likeness (QED) is 0.286. The first-order valence-electron chi connectivity index (χ1n) is 12.5. The number of amides is 2. The number of hydrogen-bond donors (Lipinski definition) is 3. The number of H-pyrrole nitrogens is 1. The van der Waals surface area contributed by atoms with Gasteiger partial charge in [0.25, 0.3) is 5.91 Å². The first-order chi connectivity index (χ1) is 18.1. The van der Waals surface area contributed by atoms with Gasteiger partial charge in [0, 0.05) is 53.1 Å². The van der Waals surface area contributed by atoms with E-state index in [9.17, 15) is 14.7 Å². The van der Waals surface area contributed by atoms with Gasteiger partial charge in [-0.3, -0.25) is 9.59 Å². The lowest BCUT2D eigenvalue weighted by Gasteiger charge is -2.23. The number of carbonyl (C=O) groups excluding carboxylic acids is 2. The number of aromatic amines is 1. The van der Waals surface area contributed by atoms with E-state index in [-0.39, 0.29) is 24.3 Å². The average molecular weight is 494 g/mol. The van der Waals surface area contributed by atoms with E-state index in [4.69, 9.17) is 0 Å². The number of rotatable bonds is 8. The van der Waals surface area contributed by atoms with Crippen LogP contribution in [-0.4, -0.2) is 44.8 Å². The van der Waals surface area contributed by atoms with Crippen molar-refractivity contribution in [3.8, 4) is 5.69 Å². The maximum absolute atomic E-state index is 13.5. The number of carbonyl (C=O) groups is 2. The summed E-state index contributed by atoms with van der Waals surface area (Å²) in [5.74, 6) is 0.114. The van der Waals surface area contributed by atoms with E-state index in [2.05, 4.69) is 15.4 Å². The van der Waals surface area contributed by atoms with Gasteiger partial charge in [0.15, 0.2) is 0 Å². The summed E-state index contributed by atoms with van der Waals surface area (Å²) in [6.45, 7) is 0.391. The lowest BCUT2D eigenvalue weighted by atomic mass is 10.1. The molecular weight excluding hydrogens is 466 g/mol. The molecule has 1 fully saturated rings. The van der Waals surface area contributed by atoms with Gasteiger partial charge in [-0.2, -0.15) is 5.10 Å². The molecule has 0 aliphatic heterocycles. The lowest BCUT2D eigenvalue weighted by Crippen LogP contribution is -2.32. The third kappa shape index (κ3) is 4.59. The van der Waals surface area contributed by atoms with Crippen molar-refractivity contribution in [3.63, 3.8) is 0 Å². The Bertz CT molecular complexity index is 1600. The highest BCUT2D eigenvalue weighted by Gasteiger charge is 2.29. The van der Waals surface area contributed by atoms with Crippen LogP contribution in [0, 0.1) is 5.92 Å². The van der Waals surface area contributed by atoms with Crippen LogP contribution >= 0.6 is 0 Å². The molecule has 8 heteroatoms. The van der Waals surface area contributed by atoms with Crippen molar-refractivity contribution in [1.82, 2.24) is 14.8 Å². The van der Waals surface area contributed by atoms with Gasteiger partial charge in [-0.15, -0.1) is 0 Å². The predicted molar refractivity (Wildman–Crippen MR) is 144 cm³/mol. The second-order valence-corrected chi connectivity index (χ2v) is 9.42. The van der Waals surface area contributed by atoms with Crippen molar-refractivity contribution >= 4 is 45.0 Å². The monoisotopic (exact) mass is 493 g/mol. The van der Waals surface area contributed by atoms with E-state index in [1.54, 1.807) is 11.1 Å². The highest BCUT2D eigenvalue weighted by atomic mass is 16.3. The highest BCUT2D eigenvalue weighted by molar-refractivity contribution is 6.08. The summed E-state index contributed by atoms with van der Waals surface area (Å²) in [5, 5.41) is 18.9. The Morgan fingerprint density at radius 1 is 1.03 bits per heavy atom. The maximum Gasteiger partial charge on any atom is 0.258 e. The predicted octanol–water partition coefficient (Wildman–Crippen LogP) is 4.88. The Labute approximate surface area is 213 Å². The fraction of sp³-hybridized carbons (Fsp3) is 0.207. The van der Waals surface area contributed by atoms with Crippen molar-refractivity contribution in [2.24, 2.45) is 5.92 Å². The largest absolute Gasteiger partial charge is 0.396 e. The third-order valence-electron chi connectivity index (χ3n) is 6.78. The minimum absolute atomic E-state index is 0.00325. The standard InChI is InChI=1S/C29H27N5O3/c35-15-1-14-33(29(37)21-5-2-19-12-13-30-26(19)17-21)25-10-11-27-22(16-25)18-31-34(27)24-8-6-23(7-9-24)32-28(36)20-3-4-20/h2,5-13,16-18,20,30,35H,1,3-4,14-15H2,(H,32,36). The summed E-state index contributed by atoms with van der Waals surface area (Å²) >= 11 is 0. The normalized spacial score (nSPS) is 13.2. The molecule has 0 radical (unpaired) electrons. The molecule has 2 heterocycles. The van der Waals surface area contributed by atoms with E-state index in [1.165, 1.54) is 0 Å². The summed E-state index contributed by atoms with van der Waals surface area (Å²) in [4.78, 5) is 30.4. The van der Waals surface area contributed by atoms with Crippen LogP contribution in [0.3, 0.4) is 0 Å². The van der Waals surface area contributed by atoms with Crippen LogP contribution in [0.1, 0.15) is 29.6 Å². The zero-order valence-electron chi connectivity index (χ0n) is 20.2. The van der Waals surface area contributed by atoms with Crippen LogP contribution in [0.4, 0.5) is 11.4 Å². The van der Waals surface area contributed by atoms with Gasteiger partial charge in [-0.05, 0) is 85.3 Å². The zero-order chi connectivity index (χ0) is 25.4. The third-order valence-corrected chi connectivity index (χ3v) is 6.78. The second kappa shape index (κ2) is 9.55. The number of anilines is 2. The molecule has 0 bridgehead atoms. The molecule has 6 rings (SSSR count). The van der Waals surface area contributed by atoms with Gasteiger partial charge in [-0.25, -0.2) is 4.68 Å². The molecule has 2 aromatic heterocycles. The van der Waals surface area contributed by atoms with Crippen LogP contribution in [0.2, 0.25) is 0 Å². The Hall–Kier alpha value is -4.43. The summed E-state index contributed by atoms with van der Waals surface area (Å²) in [7, 11) is 0. The van der Waals surface area contributed by atoms with E-state index < -0.39 is 0 Å². The first kappa shape index (κ1) is 23.0. The van der Waals surface area contributed by atoms with Gasteiger partial charge < -0.3 is 20.3 Å². The van der Waals surface area contributed by atoms with Crippen molar-refractivity contribution in [3.05, 3.63) is 84.7 Å². The van der Waals surface area contributed by atoms with E-state index >= 15 is 0 Å². The fourth-order valence-electron chi connectivity index (χ4n) is 4.58. The SMILES string of the molecule is O=C(Nc1ccc(-n2ncc3cc(N(CCCO)C(=O)c4ccc5cc[nH]c5c4)ccc32)cc1)C1CC1. The summed E-state index contributed by atoms with van der Waals surface area (Å²) in [6, 6.07) is 21.0. The Morgan fingerprint density at radius 2 is 1.86 bits per heavy atom. The number of fused-ring (bicyclic) bond motifs is 2. The Kier molecular flexibility index (Phi) is 5.94. The van der Waals surface area contributed by atoms with E-state index in [0.29, 0.717) is 18.5 Å². The lowest BCUT2D eigenvalue weighted by molar-refractivity contribution is -0.117.